The number of aryl methyl sites for hydroxylation is 1. The molecule has 0 radical (unpaired) electrons. The van der Waals surface area contributed by atoms with Crippen molar-refractivity contribution < 1.29 is 14.3 Å². The zero-order chi connectivity index (χ0) is 20.6. The van der Waals surface area contributed by atoms with Gasteiger partial charge >= 0.3 is 6.03 Å². The summed E-state index contributed by atoms with van der Waals surface area (Å²) in [6, 6.07) is 1.73. The van der Waals surface area contributed by atoms with E-state index in [-0.39, 0.29) is 11.8 Å². The first-order valence-corrected chi connectivity index (χ1v) is 10.7. The van der Waals surface area contributed by atoms with Crippen LogP contribution in [0.3, 0.4) is 0 Å². The van der Waals surface area contributed by atoms with Gasteiger partial charge < -0.3 is 20.3 Å². The van der Waals surface area contributed by atoms with Crippen molar-refractivity contribution in [2.75, 3.05) is 33.4 Å². The summed E-state index contributed by atoms with van der Waals surface area (Å²) in [7, 11) is 1.73. The molecular weight excluding hydrogens is 368 g/mol. The standard InChI is InChI=1S/C22H32N4O3/c1-15-8-17-12-25(6-5-19(17)24-11-15)20(27)22-10-16(4-3-7-29-2)9-18(22)13-26(14-22)21(23)28/h8,11,16,18H,3-7,9-10,12-14H2,1-2H3,(H2,23,28)/t16-,18+,22+/m1/s1. The van der Waals surface area contributed by atoms with E-state index in [1.165, 1.54) is 0 Å². The van der Waals surface area contributed by atoms with Crippen LogP contribution >= 0.6 is 0 Å². The minimum atomic E-state index is -0.485. The molecule has 1 saturated carbocycles. The van der Waals surface area contributed by atoms with Gasteiger partial charge in [-0.1, -0.05) is 6.07 Å². The molecule has 7 heteroatoms. The fraction of sp³-hybridized carbons (Fsp3) is 0.682. The second-order valence-corrected chi connectivity index (χ2v) is 9.11. The van der Waals surface area contributed by atoms with E-state index in [1.807, 2.05) is 18.0 Å². The summed E-state index contributed by atoms with van der Waals surface area (Å²) in [6.45, 7) is 5.16. The van der Waals surface area contributed by atoms with Gasteiger partial charge in [0, 0.05) is 58.2 Å². The molecule has 2 N–H and O–H groups in total. The van der Waals surface area contributed by atoms with Gasteiger partial charge in [0.1, 0.15) is 0 Å². The highest BCUT2D eigenvalue weighted by Crippen LogP contribution is 2.53. The van der Waals surface area contributed by atoms with Crippen molar-refractivity contribution in [1.29, 1.82) is 0 Å². The van der Waals surface area contributed by atoms with Crippen molar-refractivity contribution in [1.82, 2.24) is 14.8 Å². The van der Waals surface area contributed by atoms with Crippen LogP contribution in [-0.2, 0) is 22.5 Å². The van der Waals surface area contributed by atoms with Crippen molar-refractivity contribution in [2.45, 2.75) is 45.6 Å². The zero-order valence-electron chi connectivity index (χ0n) is 17.5. The second-order valence-electron chi connectivity index (χ2n) is 9.11. The van der Waals surface area contributed by atoms with Crippen LogP contribution in [0.15, 0.2) is 12.3 Å². The highest BCUT2D eigenvalue weighted by molar-refractivity contribution is 5.86. The third-order valence-electron chi connectivity index (χ3n) is 7.13. The van der Waals surface area contributed by atoms with Crippen LogP contribution in [0.4, 0.5) is 4.79 Å². The number of methoxy groups -OCH3 is 1. The number of urea groups is 1. The molecule has 1 aromatic heterocycles. The molecule has 1 aliphatic carbocycles. The molecule has 29 heavy (non-hydrogen) atoms. The minimum Gasteiger partial charge on any atom is -0.385 e. The fourth-order valence-electron chi connectivity index (χ4n) is 5.77. The number of ether oxygens (including phenoxy) is 1. The number of carbonyl (C=O) groups excluding carboxylic acids is 2. The lowest BCUT2D eigenvalue weighted by atomic mass is 9.78. The number of pyridine rings is 1. The molecule has 3 amide bonds. The van der Waals surface area contributed by atoms with Gasteiger partial charge in [0.25, 0.3) is 0 Å². The van der Waals surface area contributed by atoms with Gasteiger partial charge in [-0.25, -0.2) is 4.79 Å². The van der Waals surface area contributed by atoms with Crippen molar-refractivity contribution in [3.63, 3.8) is 0 Å². The maximum Gasteiger partial charge on any atom is 0.314 e. The normalized spacial score (nSPS) is 28.3. The number of nitrogens with two attached hydrogens (primary N) is 1. The van der Waals surface area contributed by atoms with Crippen LogP contribution in [0.25, 0.3) is 0 Å². The Morgan fingerprint density at radius 2 is 2.21 bits per heavy atom. The summed E-state index contributed by atoms with van der Waals surface area (Å²) >= 11 is 0. The fourth-order valence-corrected chi connectivity index (χ4v) is 5.77. The van der Waals surface area contributed by atoms with Crippen LogP contribution in [0, 0.1) is 24.2 Å². The van der Waals surface area contributed by atoms with Gasteiger partial charge in [0.15, 0.2) is 0 Å². The molecule has 2 fully saturated rings. The molecular formula is C22H32N4O3. The molecule has 3 atom stereocenters. The number of aromatic nitrogens is 1. The average molecular weight is 401 g/mol. The minimum absolute atomic E-state index is 0.201. The number of hydrogen-bond acceptors (Lipinski definition) is 4. The van der Waals surface area contributed by atoms with E-state index in [0.29, 0.717) is 32.1 Å². The Morgan fingerprint density at radius 1 is 1.38 bits per heavy atom. The summed E-state index contributed by atoms with van der Waals surface area (Å²) in [5.41, 5.74) is 8.47. The molecule has 3 heterocycles. The van der Waals surface area contributed by atoms with E-state index in [9.17, 15) is 9.59 Å². The number of fused-ring (bicyclic) bond motifs is 2. The van der Waals surface area contributed by atoms with Gasteiger partial charge in [-0.05, 0) is 55.6 Å². The maximum atomic E-state index is 13.8. The molecule has 0 unspecified atom stereocenters. The highest BCUT2D eigenvalue weighted by Gasteiger charge is 2.59. The van der Waals surface area contributed by atoms with Crippen molar-refractivity contribution in [3.8, 4) is 0 Å². The Balaban J connectivity index is 1.54. The van der Waals surface area contributed by atoms with Gasteiger partial charge in [-0.3, -0.25) is 9.78 Å². The number of likely N-dealkylation sites (tertiary alicyclic amines) is 1. The summed E-state index contributed by atoms with van der Waals surface area (Å²) in [6.07, 6.45) is 6.61. The molecule has 0 bridgehead atoms. The van der Waals surface area contributed by atoms with Gasteiger partial charge in [-0.15, -0.1) is 0 Å². The second kappa shape index (κ2) is 7.94. The number of carbonyl (C=O) groups is 2. The lowest BCUT2D eigenvalue weighted by Gasteiger charge is -2.37. The van der Waals surface area contributed by atoms with Crippen LogP contribution in [0.5, 0.6) is 0 Å². The molecule has 158 valence electrons. The molecule has 2 aliphatic heterocycles. The maximum absolute atomic E-state index is 13.8. The number of hydrogen-bond donors (Lipinski definition) is 1. The first kappa shape index (κ1) is 20.1. The monoisotopic (exact) mass is 400 g/mol. The first-order valence-electron chi connectivity index (χ1n) is 10.7. The third-order valence-corrected chi connectivity index (χ3v) is 7.13. The number of amides is 3. The van der Waals surface area contributed by atoms with E-state index in [4.69, 9.17) is 10.5 Å². The van der Waals surface area contributed by atoms with Crippen molar-refractivity contribution >= 4 is 11.9 Å². The number of rotatable bonds is 5. The largest absolute Gasteiger partial charge is 0.385 e. The Kier molecular flexibility index (Phi) is 5.51. The molecule has 0 aromatic carbocycles. The van der Waals surface area contributed by atoms with Gasteiger partial charge in [-0.2, -0.15) is 0 Å². The van der Waals surface area contributed by atoms with Crippen molar-refractivity contribution in [3.05, 3.63) is 29.1 Å². The summed E-state index contributed by atoms with van der Waals surface area (Å²) in [5.74, 6) is 0.912. The predicted molar refractivity (Wildman–Crippen MR) is 109 cm³/mol. The van der Waals surface area contributed by atoms with Gasteiger partial charge in [0.2, 0.25) is 5.91 Å². The van der Waals surface area contributed by atoms with Crippen LogP contribution < -0.4 is 5.73 Å². The van der Waals surface area contributed by atoms with Crippen LogP contribution in [0.1, 0.15) is 42.5 Å². The molecule has 1 saturated heterocycles. The molecule has 4 rings (SSSR count). The van der Waals surface area contributed by atoms with Crippen LogP contribution in [-0.4, -0.2) is 60.1 Å². The van der Waals surface area contributed by atoms with Crippen molar-refractivity contribution in [2.24, 2.45) is 23.0 Å². The molecule has 1 aromatic rings. The van der Waals surface area contributed by atoms with E-state index >= 15 is 0 Å². The Morgan fingerprint density at radius 3 is 2.97 bits per heavy atom. The van der Waals surface area contributed by atoms with E-state index in [0.717, 1.165) is 55.5 Å². The van der Waals surface area contributed by atoms with E-state index in [1.54, 1.807) is 12.0 Å². The molecule has 3 aliphatic rings. The zero-order valence-corrected chi connectivity index (χ0v) is 17.5. The highest BCUT2D eigenvalue weighted by atomic mass is 16.5. The quantitative estimate of drug-likeness (QED) is 0.767. The third kappa shape index (κ3) is 3.72. The summed E-state index contributed by atoms with van der Waals surface area (Å²) < 4.78 is 5.20. The predicted octanol–water partition coefficient (Wildman–Crippen LogP) is 2.11. The Hall–Kier alpha value is -2.15. The Labute approximate surface area is 172 Å². The molecule has 0 spiro atoms. The van der Waals surface area contributed by atoms with E-state index < -0.39 is 11.4 Å². The van der Waals surface area contributed by atoms with Crippen LogP contribution in [0.2, 0.25) is 0 Å². The smallest absolute Gasteiger partial charge is 0.314 e. The lowest BCUT2D eigenvalue weighted by Crippen LogP contribution is -2.49. The first-order chi connectivity index (χ1) is 13.9. The van der Waals surface area contributed by atoms with E-state index in [2.05, 4.69) is 11.1 Å². The number of nitrogens with zero attached hydrogens (tertiary/aromatic N) is 3. The SMILES string of the molecule is COCCC[C@@H]1C[C@H]2CN(C(N)=O)C[C@@]2(C(=O)N2CCc3ncc(C)cc3C2)C1. The topological polar surface area (TPSA) is 88.8 Å². The average Bonchev–Trinajstić information content (AvgIpc) is 3.22. The summed E-state index contributed by atoms with van der Waals surface area (Å²) in [5, 5.41) is 0. The summed E-state index contributed by atoms with van der Waals surface area (Å²) in [4.78, 5) is 33.9. The number of primary amides is 1. The molecule has 7 nitrogen and oxygen atoms in total. The lowest BCUT2D eigenvalue weighted by molar-refractivity contribution is -0.143. The van der Waals surface area contributed by atoms with Gasteiger partial charge in [0.05, 0.1) is 5.41 Å². The Bertz CT molecular complexity index is 798.